The zero-order chi connectivity index (χ0) is 25.1. The molecule has 0 heterocycles. The van der Waals surface area contributed by atoms with Crippen LogP contribution in [-0.2, 0) is 27.9 Å². The molecule has 2 atom stereocenters. The van der Waals surface area contributed by atoms with Crippen LogP contribution in [0.4, 0.5) is 0 Å². The Hall–Kier alpha value is -3.73. The van der Waals surface area contributed by atoms with Gasteiger partial charge in [-0.25, -0.2) is 19.1 Å². The number of nitrogens with zero attached hydrogens (tertiary/aromatic N) is 1. The highest BCUT2D eigenvalue weighted by atomic mass is 31.2. The summed E-state index contributed by atoms with van der Waals surface area (Å²) in [6.45, 7) is 1.81. The number of carbonyl (C=O) groups is 3. The lowest BCUT2D eigenvalue weighted by atomic mass is 10.2. The van der Waals surface area contributed by atoms with E-state index in [0.717, 1.165) is 0 Å². The van der Waals surface area contributed by atoms with E-state index in [2.05, 4.69) is 10.1 Å². The molecule has 0 aliphatic heterocycles. The predicted molar refractivity (Wildman–Crippen MR) is 120 cm³/mol. The molecule has 182 valence electrons. The Kier molecular flexibility index (Phi) is 9.75. The lowest BCUT2D eigenvalue weighted by Crippen LogP contribution is -2.34. The summed E-state index contributed by atoms with van der Waals surface area (Å²) in [5, 5.41) is 10.9. The summed E-state index contributed by atoms with van der Waals surface area (Å²) < 4.78 is 34.0. The minimum atomic E-state index is -4.50. The molecule has 12 nitrogen and oxygen atoms in total. The number of esters is 2. The molecule has 0 spiro atoms. The zero-order valence-electron chi connectivity index (χ0n) is 18.3. The first kappa shape index (κ1) is 26.5. The van der Waals surface area contributed by atoms with Crippen LogP contribution in [0.2, 0.25) is 0 Å². The fourth-order valence-corrected chi connectivity index (χ4v) is 3.80. The van der Waals surface area contributed by atoms with Crippen molar-refractivity contribution in [3.05, 3.63) is 71.8 Å². The van der Waals surface area contributed by atoms with E-state index < -0.39 is 50.7 Å². The van der Waals surface area contributed by atoms with E-state index in [1.807, 2.05) is 0 Å². The summed E-state index contributed by atoms with van der Waals surface area (Å²) in [5.74, 6) is -3.42. The minimum absolute atomic E-state index is 0.217. The summed E-state index contributed by atoms with van der Waals surface area (Å²) >= 11 is 0. The maximum atomic E-state index is 13.3. The van der Waals surface area contributed by atoms with Gasteiger partial charge in [0.15, 0.2) is 5.96 Å². The number of nitrogens with one attached hydrogen (secondary N) is 1. The SMILES string of the molecule is CC(OC(=O)c1ccccc1)OP(=O)(NC(N)=NCC(=O)O)OC(C)OC(=O)c1ccccc1. The van der Waals surface area contributed by atoms with Crippen LogP contribution in [0.3, 0.4) is 0 Å². The van der Waals surface area contributed by atoms with Gasteiger partial charge in [0, 0.05) is 0 Å². The van der Waals surface area contributed by atoms with Crippen LogP contribution < -0.4 is 10.8 Å². The molecular formula is C21H24N3O9P. The standard InChI is InChI=1S/C21H24N3O9P/c1-14(30-19(27)16-9-5-3-6-10-16)32-34(29,24-21(22)23-13-18(25)26)33-15(2)31-20(28)17-11-7-4-8-12-17/h3-12,14-15H,13H2,1-2H3,(H,25,26)(H3,22,23,24,29). The third kappa shape index (κ3) is 9.02. The molecule has 0 bridgehead atoms. The highest BCUT2D eigenvalue weighted by Crippen LogP contribution is 2.46. The van der Waals surface area contributed by atoms with Crippen LogP contribution in [0.5, 0.6) is 0 Å². The summed E-state index contributed by atoms with van der Waals surface area (Å²) in [5.41, 5.74) is 6.01. The number of hydrogen-bond acceptors (Lipinski definition) is 9. The molecule has 2 aromatic carbocycles. The van der Waals surface area contributed by atoms with E-state index in [1.54, 1.807) is 36.4 Å². The Labute approximate surface area is 195 Å². The van der Waals surface area contributed by atoms with E-state index in [0.29, 0.717) is 0 Å². The van der Waals surface area contributed by atoms with Gasteiger partial charge in [0.25, 0.3) is 0 Å². The summed E-state index contributed by atoms with van der Waals surface area (Å²) in [6, 6.07) is 15.9. The van der Waals surface area contributed by atoms with Crippen molar-refractivity contribution in [1.29, 1.82) is 0 Å². The number of aliphatic carboxylic acids is 1. The Morgan fingerprint density at radius 3 is 1.71 bits per heavy atom. The van der Waals surface area contributed by atoms with Crippen molar-refractivity contribution in [3.8, 4) is 0 Å². The topological polar surface area (TPSA) is 176 Å². The van der Waals surface area contributed by atoms with Crippen molar-refractivity contribution in [1.82, 2.24) is 5.09 Å². The van der Waals surface area contributed by atoms with Crippen LogP contribution in [0.25, 0.3) is 0 Å². The number of guanidine groups is 1. The normalized spacial score (nSPS) is 14.8. The second-order valence-electron chi connectivity index (χ2n) is 6.59. The Morgan fingerprint density at radius 1 is 0.912 bits per heavy atom. The Balaban J connectivity index is 2.12. The number of benzene rings is 2. The molecule has 0 saturated carbocycles. The van der Waals surface area contributed by atoms with Gasteiger partial charge >= 0.3 is 25.7 Å². The highest BCUT2D eigenvalue weighted by molar-refractivity contribution is 7.52. The lowest BCUT2D eigenvalue weighted by Gasteiger charge is -2.25. The van der Waals surface area contributed by atoms with E-state index in [1.165, 1.54) is 38.1 Å². The number of hydrogen-bond donors (Lipinski definition) is 3. The molecule has 2 aromatic rings. The molecule has 0 amide bonds. The van der Waals surface area contributed by atoms with Gasteiger partial charge in [-0.1, -0.05) is 36.4 Å². The van der Waals surface area contributed by atoms with Crippen LogP contribution in [0.15, 0.2) is 65.7 Å². The van der Waals surface area contributed by atoms with Gasteiger partial charge in [-0.3, -0.25) is 18.9 Å². The van der Waals surface area contributed by atoms with Crippen molar-refractivity contribution >= 4 is 31.6 Å². The molecule has 34 heavy (non-hydrogen) atoms. The molecule has 0 aliphatic carbocycles. The molecule has 2 unspecified atom stereocenters. The number of ether oxygens (including phenoxy) is 2. The fourth-order valence-electron chi connectivity index (χ4n) is 2.43. The van der Waals surface area contributed by atoms with Crippen molar-refractivity contribution in [2.75, 3.05) is 6.54 Å². The maximum absolute atomic E-state index is 13.3. The quantitative estimate of drug-likeness (QED) is 0.138. The second-order valence-corrected chi connectivity index (χ2v) is 8.23. The van der Waals surface area contributed by atoms with Gasteiger partial charge < -0.3 is 20.3 Å². The largest absolute Gasteiger partial charge is 0.480 e. The smallest absolute Gasteiger partial charge is 0.441 e. The van der Waals surface area contributed by atoms with Crippen molar-refractivity contribution in [2.24, 2.45) is 10.7 Å². The highest BCUT2D eigenvalue weighted by Gasteiger charge is 2.34. The number of carboxylic acids is 1. The maximum Gasteiger partial charge on any atom is 0.441 e. The number of rotatable bonds is 11. The van der Waals surface area contributed by atoms with E-state index in [-0.39, 0.29) is 11.1 Å². The average molecular weight is 493 g/mol. The number of aliphatic imine (C=N–C) groups is 1. The Morgan fingerprint density at radius 2 is 1.32 bits per heavy atom. The first-order chi connectivity index (χ1) is 16.1. The average Bonchev–Trinajstić information content (AvgIpc) is 2.78. The van der Waals surface area contributed by atoms with Crippen molar-refractivity contribution in [3.63, 3.8) is 0 Å². The first-order valence-electron chi connectivity index (χ1n) is 9.87. The van der Waals surface area contributed by atoms with E-state index in [9.17, 15) is 18.9 Å². The third-order valence-corrected chi connectivity index (χ3v) is 5.43. The third-order valence-electron chi connectivity index (χ3n) is 3.78. The first-order valence-corrected chi connectivity index (χ1v) is 11.4. The van der Waals surface area contributed by atoms with E-state index >= 15 is 0 Å². The molecule has 0 aliphatic rings. The van der Waals surface area contributed by atoms with Gasteiger partial charge in [0.05, 0.1) is 11.1 Å². The fraction of sp³-hybridized carbons (Fsp3) is 0.238. The Bertz CT molecular complexity index is 998. The van der Waals surface area contributed by atoms with Crippen molar-refractivity contribution < 1.29 is 42.6 Å². The summed E-state index contributed by atoms with van der Waals surface area (Å²) in [4.78, 5) is 38.6. The minimum Gasteiger partial charge on any atom is -0.480 e. The number of nitrogens with two attached hydrogens (primary N) is 1. The second kappa shape index (κ2) is 12.5. The predicted octanol–water partition coefficient (Wildman–Crippen LogP) is 2.52. The van der Waals surface area contributed by atoms with Gasteiger partial charge in [0.1, 0.15) is 6.54 Å². The van der Waals surface area contributed by atoms with Crippen LogP contribution >= 0.6 is 7.75 Å². The summed E-state index contributed by atoms with van der Waals surface area (Å²) in [6.07, 6.45) is -2.84. The molecule has 2 rings (SSSR count). The zero-order valence-corrected chi connectivity index (χ0v) is 19.2. The molecule has 0 aromatic heterocycles. The van der Waals surface area contributed by atoms with Gasteiger partial charge in [-0.2, -0.15) is 0 Å². The monoisotopic (exact) mass is 493 g/mol. The molecule has 4 N–H and O–H groups in total. The van der Waals surface area contributed by atoms with E-state index in [4.69, 9.17) is 29.4 Å². The number of carbonyl (C=O) groups excluding carboxylic acids is 2. The van der Waals surface area contributed by atoms with Crippen molar-refractivity contribution in [2.45, 2.75) is 26.4 Å². The molecule has 0 radical (unpaired) electrons. The molecule has 13 heteroatoms. The molecule has 0 fully saturated rings. The summed E-state index contributed by atoms with van der Waals surface area (Å²) in [7, 11) is -4.50. The van der Waals surface area contributed by atoms with Gasteiger partial charge in [-0.15, -0.1) is 0 Å². The van der Waals surface area contributed by atoms with Gasteiger partial charge in [0.2, 0.25) is 12.6 Å². The van der Waals surface area contributed by atoms with Crippen LogP contribution in [0.1, 0.15) is 34.6 Å². The van der Waals surface area contributed by atoms with Gasteiger partial charge in [-0.05, 0) is 38.1 Å². The molecule has 0 saturated heterocycles. The van der Waals surface area contributed by atoms with Crippen LogP contribution in [0, 0.1) is 0 Å². The molecular weight excluding hydrogens is 469 g/mol. The number of carboxylic acid groups (broad SMARTS) is 1. The lowest BCUT2D eigenvalue weighted by molar-refractivity contribution is -0.135. The van der Waals surface area contributed by atoms with Crippen LogP contribution in [-0.4, -0.2) is 48.1 Å².